The van der Waals surface area contributed by atoms with Gasteiger partial charge in [-0.05, 0) is 92.8 Å². The average Bonchev–Trinajstić information content (AvgIpc) is 3.88. The second kappa shape index (κ2) is 17.0. The number of hydrogen-bond acceptors (Lipinski definition) is 12. The third kappa shape index (κ3) is 7.69. The summed E-state index contributed by atoms with van der Waals surface area (Å²) in [6, 6.07) is 10.00. The largest absolute Gasteiger partial charge is 0.508 e. The summed E-state index contributed by atoms with van der Waals surface area (Å²) in [5.74, 6) is -3.53. The number of carbonyl (C=O) groups excluding carboxylic acids is 7. The normalized spacial score (nSPS) is 32.2. The van der Waals surface area contributed by atoms with Crippen LogP contribution in [-0.4, -0.2) is 104 Å². The van der Waals surface area contributed by atoms with Crippen molar-refractivity contribution in [3.8, 4) is 5.75 Å². The zero-order valence-corrected chi connectivity index (χ0v) is 36.2. The van der Waals surface area contributed by atoms with Crippen molar-refractivity contribution in [2.24, 2.45) is 28.6 Å². The van der Waals surface area contributed by atoms with Crippen molar-refractivity contribution in [3.63, 3.8) is 0 Å². The molecule has 1 saturated heterocycles. The highest BCUT2D eigenvalue weighted by molar-refractivity contribution is 6.13. The lowest BCUT2D eigenvalue weighted by atomic mass is 9.46. The van der Waals surface area contributed by atoms with Crippen LogP contribution < -0.4 is 16.0 Å². The van der Waals surface area contributed by atoms with E-state index in [1.807, 2.05) is 19.1 Å². The van der Waals surface area contributed by atoms with E-state index in [9.17, 15) is 48.9 Å². The number of ketones is 2. The summed E-state index contributed by atoms with van der Waals surface area (Å²) >= 11 is 0. The summed E-state index contributed by atoms with van der Waals surface area (Å²) in [6.07, 6.45) is 7.15. The highest BCUT2D eigenvalue weighted by Gasteiger charge is 2.76. The van der Waals surface area contributed by atoms with Crippen LogP contribution in [-0.2, 0) is 49.5 Å². The highest BCUT2D eigenvalue weighted by Crippen LogP contribution is 2.70. The number of phenols is 1. The summed E-state index contributed by atoms with van der Waals surface area (Å²) < 4.78 is 13.3. The molecule has 0 spiro atoms. The molecule has 0 radical (unpaired) electrons. The summed E-state index contributed by atoms with van der Waals surface area (Å²) in [6.45, 7) is 6.09. The van der Waals surface area contributed by atoms with Crippen LogP contribution in [0.15, 0.2) is 78.4 Å². The average molecular weight is 879 g/mol. The van der Waals surface area contributed by atoms with Crippen LogP contribution in [0.1, 0.15) is 82.8 Å². The Balaban J connectivity index is 0.887. The Kier molecular flexibility index (Phi) is 11.9. The van der Waals surface area contributed by atoms with Gasteiger partial charge in [0.2, 0.25) is 17.7 Å². The molecule has 11 atom stereocenters. The van der Waals surface area contributed by atoms with E-state index >= 15 is 0 Å². The van der Waals surface area contributed by atoms with E-state index in [-0.39, 0.29) is 55.1 Å². The minimum Gasteiger partial charge on any atom is -0.508 e. The molecule has 16 heteroatoms. The standard InChI is InChI=1S/C48H54N4O12/c1-25(49-39(58)15-17-52-40(59)12-13-41(52)60)43(61)50-26(2)44(62)51-31-7-5-6-27(19-31)18-28-8-9-29(20-35(28)55)45-63-38-22-34-33-11-10-30-21-32(54)14-16-46(30,3)42(33)36(56)23-47(34,4)48(38,64-45)37(57)24-53/h5-9,12-14,16,19-21,25-26,33-34,36,38,42,45,53,55-56H,10-11,15,17-18,22-24H2,1-4H3,(H,49,58)(H,50,61)(H,51,62)/t25-,26-,33?,34-,36?,38+,42+,45+,46?,47?,48+/m0/s1. The van der Waals surface area contributed by atoms with E-state index in [2.05, 4.69) is 22.9 Å². The molecule has 6 aliphatic rings. The van der Waals surface area contributed by atoms with Gasteiger partial charge in [-0.25, -0.2) is 0 Å². The van der Waals surface area contributed by atoms with Gasteiger partial charge in [0.15, 0.2) is 23.5 Å². The molecule has 2 aliphatic heterocycles. The van der Waals surface area contributed by atoms with E-state index in [0.717, 1.165) is 34.6 Å². The van der Waals surface area contributed by atoms with Gasteiger partial charge in [-0.1, -0.05) is 49.8 Å². The van der Waals surface area contributed by atoms with Gasteiger partial charge in [-0.3, -0.25) is 38.5 Å². The van der Waals surface area contributed by atoms with Crippen molar-refractivity contribution in [1.29, 1.82) is 0 Å². The summed E-state index contributed by atoms with van der Waals surface area (Å²) in [5, 5.41) is 41.4. The quantitative estimate of drug-likeness (QED) is 0.159. The Hall–Kier alpha value is -5.81. The molecule has 3 saturated carbocycles. The summed E-state index contributed by atoms with van der Waals surface area (Å²) in [7, 11) is 0. The summed E-state index contributed by atoms with van der Waals surface area (Å²) in [5.41, 5.74) is 0.343. The number of aromatic hydroxyl groups is 1. The van der Waals surface area contributed by atoms with Crippen LogP contribution >= 0.6 is 0 Å². The highest BCUT2D eigenvalue weighted by atomic mass is 16.7. The molecular formula is C48H54N4O12. The number of hydrogen-bond donors (Lipinski definition) is 6. The van der Waals surface area contributed by atoms with Gasteiger partial charge in [-0.2, -0.15) is 0 Å². The van der Waals surface area contributed by atoms with Crippen molar-refractivity contribution >= 4 is 46.8 Å². The number of rotatable bonds is 13. The Labute approximate surface area is 370 Å². The van der Waals surface area contributed by atoms with Crippen molar-refractivity contribution < 1.29 is 58.4 Å². The Bertz CT molecular complexity index is 2390. The predicted octanol–water partition coefficient (Wildman–Crippen LogP) is 2.85. The van der Waals surface area contributed by atoms with Gasteiger partial charge in [0, 0.05) is 59.5 Å². The third-order valence-electron chi connectivity index (χ3n) is 14.8. The van der Waals surface area contributed by atoms with Crippen LogP contribution in [0, 0.1) is 28.6 Å². The van der Waals surface area contributed by atoms with Gasteiger partial charge in [0.1, 0.15) is 24.4 Å². The molecule has 5 amide bonds. The van der Waals surface area contributed by atoms with Crippen LogP contribution in [0.25, 0.3) is 0 Å². The van der Waals surface area contributed by atoms with Gasteiger partial charge in [-0.15, -0.1) is 0 Å². The fourth-order valence-electron chi connectivity index (χ4n) is 11.6. The van der Waals surface area contributed by atoms with E-state index in [0.29, 0.717) is 29.7 Å². The molecule has 6 N–H and O–H groups in total. The second-order valence-corrected chi connectivity index (χ2v) is 18.5. The first-order valence-electron chi connectivity index (χ1n) is 21.8. The zero-order valence-electron chi connectivity index (χ0n) is 36.2. The predicted molar refractivity (Wildman–Crippen MR) is 229 cm³/mol. The molecule has 2 aromatic rings. The first-order valence-corrected chi connectivity index (χ1v) is 21.8. The van der Waals surface area contributed by atoms with Gasteiger partial charge in [0.25, 0.3) is 11.8 Å². The molecule has 4 aliphatic carbocycles. The molecule has 0 aromatic heterocycles. The number of Topliss-reactive ketones (excluding diaryl/α,β-unsaturated/α-hetero) is 1. The Morgan fingerprint density at radius 2 is 1.69 bits per heavy atom. The topological polar surface area (TPSA) is 238 Å². The van der Waals surface area contributed by atoms with Crippen LogP contribution in [0.2, 0.25) is 0 Å². The Morgan fingerprint density at radius 3 is 2.41 bits per heavy atom. The maximum absolute atomic E-state index is 14.0. The molecule has 0 bridgehead atoms. The third-order valence-corrected chi connectivity index (χ3v) is 14.8. The summed E-state index contributed by atoms with van der Waals surface area (Å²) in [4.78, 5) is 88.8. The van der Waals surface area contributed by atoms with Gasteiger partial charge < -0.3 is 40.7 Å². The SMILES string of the molecule is C[C@H](NC(=O)CCN1C(=O)C=CC1=O)C(=O)N[C@@H](C)C(=O)Nc1cccc(Cc2ccc([C@@H]3O[C@@H]4C[C@H]5C6CCC7=CC(=O)C=CC7(C)[C@H]6C(O)CC5(C)[C@]4(C(=O)CO)O3)cc2O)c1. The van der Waals surface area contributed by atoms with E-state index < -0.39 is 88.9 Å². The lowest BCUT2D eigenvalue weighted by molar-refractivity contribution is -0.201. The number of imide groups is 1. The van der Waals surface area contributed by atoms with E-state index in [4.69, 9.17) is 9.47 Å². The van der Waals surface area contributed by atoms with Crippen LogP contribution in [0.3, 0.4) is 0 Å². The monoisotopic (exact) mass is 878 g/mol. The number of benzene rings is 2. The maximum atomic E-state index is 14.0. The molecule has 16 nitrogen and oxygen atoms in total. The van der Waals surface area contributed by atoms with E-state index in [1.165, 1.54) is 19.9 Å². The van der Waals surface area contributed by atoms with E-state index in [1.54, 1.807) is 42.5 Å². The number of anilines is 1. The van der Waals surface area contributed by atoms with Crippen molar-refractivity contribution in [3.05, 3.63) is 95.1 Å². The smallest absolute Gasteiger partial charge is 0.253 e. The van der Waals surface area contributed by atoms with Gasteiger partial charge >= 0.3 is 0 Å². The molecule has 8 rings (SSSR count). The maximum Gasteiger partial charge on any atom is 0.253 e. The van der Waals surface area contributed by atoms with Crippen LogP contribution in [0.5, 0.6) is 5.75 Å². The number of amides is 5. The van der Waals surface area contributed by atoms with Crippen LogP contribution in [0.4, 0.5) is 5.69 Å². The van der Waals surface area contributed by atoms with Crippen molar-refractivity contribution in [2.75, 3.05) is 18.5 Å². The Morgan fingerprint density at radius 1 is 0.953 bits per heavy atom. The number of phenolic OH excluding ortho intramolecular Hbond substituents is 1. The fourth-order valence-corrected chi connectivity index (χ4v) is 11.6. The lowest BCUT2D eigenvalue weighted by Crippen LogP contribution is -2.63. The first kappa shape index (κ1) is 44.8. The minimum atomic E-state index is -1.54. The number of nitrogens with one attached hydrogen (secondary N) is 3. The number of fused-ring (bicyclic) bond motifs is 7. The molecule has 4 unspecified atom stereocenters. The van der Waals surface area contributed by atoms with Crippen molar-refractivity contribution in [2.45, 2.75) is 102 Å². The lowest BCUT2D eigenvalue weighted by Gasteiger charge is -2.59. The molecule has 4 fully saturated rings. The number of aliphatic hydroxyl groups is 2. The molecule has 2 aromatic carbocycles. The fraction of sp³-hybridized carbons (Fsp3) is 0.479. The number of allylic oxidation sites excluding steroid dienone is 4. The number of carbonyl (C=O) groups is 7. The first-order chi connectivity index (χ1) is 30.4. The minimum absolute atomic E-state index is 0.0162. The molecule has 2 heterocycles. The molecule has 64 heavy (non-hydrogen) atoms. The number of nitrogens with zero attached hydrogens (tertiary/aromatic N) is 1. The zero-order chi connectivity index (χ0) is 45.9. The number of aliphatic hydroxyl groups excluding tert-OH is 2. The van der Waals surface area contributed by atoms with Gasteiger partial charge in [0.05, 0.1) is 12.2 Å². The van der Waals surface area contributed by atoms with Crippen molar-refractivity contribution in [1.82, 2.24) is 15.5 Å². The molecular weight excluding hydrogens is 825 g/mol. The second-order valence-electron chi connectivity index (χ2n) is 18.5. The number of ether oxygens (including phenoxy) is 2. The molecule has 338 valence electrons.